The Balaban J connectivity index is 3.70. The third-order valence-electron chi connectivity index (χ3n) is 2.34. The van der Waals surface area contributed by atoms with Crippen molar-refractivity contribution in [3.05, 3.63) is 0 Å². The SMILES string of the molecule is CCCCN(C)C(=O)C(=O)NCCCOCC. The van der Waals surface area contributed by atoms with E-state index in [1.54, 1.807) is 7.05 Å². The Morgan fingerprint density at radius 2 is 1.94 bits per heavy atom. The molecule has 0 aromatic rings. The van der Waals surface area contributed by atoms with Crippen LogP contribution in [0.2, 0.25) is 0 Å². The molecule has 100 valence electrons. The molecule has 0 fully saturated rings. The van der Waals surface area contributed by atoms with Gasteiger partial charge in [0.2, 0.25) is 0 Å². The number of carbonyl (C=O) groups is 2. The Bertz CT molecular complexity index is 232. The summed E-state index contributed by atoms with van der Waals surface area (Å²) in [7, 11) is 1.65. The molecular formula is C12H24N2O3. The van der Waals surface area contributed by atoms with Crippen LogP contribution in [-0.2, 0) is 14.3 Å². The van der Waals surface area contributed by atoms with Crippen molar-refractivity contribution >= 4 is 11.8 Å². The van der Waals surface area contributed by atoms with Crippen molar-refractivity contribution in [2.75, 3.05) is 33.4 Å². The first-order valence-corrected chi connectivity index (χ1v) is 6.24. The first kappa shape index (κ1) is 15.9. The minimum atomic E-state index is -0.528. The highest BCUT2D eigenvalue weighted by Crippen LogP contribution is 1.92. The second kappa shape index (κ2) is 10.1. The van der Waals surface area contributed by atoms with Crippen LogP contribution in [-0.4, -0.2) is 50.1 Å². The highest BCUT2D eigenvalue weighted by atomic mass is 16.5. The maximum Gasteiger partial charge on any atom is 0.311 e. The van der Waals surface area contributed by atoms with Gasteiger partial charge in [-0.05, 0) is 19.8 Å². The van der Waals surface area contributed by atoms with Crippen LogP contribution >= 0.6 is 0 Å². The monoisotopic (exact) mass is 244 g/mol. The summed E-state index contributed by atoms with van der Waals surface area (Å²) in [6.45, 7) is 6.36. The standard InChI is InChI=1S/C12H24N2O3/c1-4-6-9-14(3)12(16)11(15)13-8-7-10-17-5-2/h4-10H2,1-3H3,(H,13,15). The zero-order valence-corrected chi connectivity index (χ0v) is 11.1. The molecule has 0 atom stereocenters. The molecule has 0 radical (unpaired) electrons. The van der Waals surface area contributed by atoms with Crippen LogP contribution in [0.5, 0.6) is 0 Å². The number of nitrogens with one attached hydrogen (secondary N) is 1. The second-order valence-corrected chi connectivity index (χ2v) is 3.89. The number of nitrogens with zero attached hydrogens (tertiary/aromatic N) is 1. The lowest BCUT2D eigenvalue weighted by molar-refractivity contribution is -0.145. The van der Waals surface area contributed by atoms with Crippen LogP contribution in [0.15, 0.2) is 0 Å². The van der Waals surface area contributed by atoms with Gasteiger partial charge in [-0.25, -0.2) is 0 Å². The van der Waals surface area contributed by atoms with Crippen molar-refractivity contribution in [3.8, 4) is 0 Å². The molecule has 17 heavy (non-hydrogen) atoms. The van der Waals surface area contributed by atoms with Crippen LogP contribution in [0.4, 0.5) is 0 Å². The quantitative estimate of drug-likeness (QED) is 0.507. The summed E-state index contributed by atoms with van der Waals surface area (Å²) in [5, 5.41) is 2.59. The van der Waals surface area contributed by atoms with E-state index in [4.69, 9.17) is 4.74 Å². The Morgan fingerprint density at radius 1 is 1.24 bits per heavy atom. The summed E-state index contributed by atoms with van der Waals surface area (Å²) < 4.78 is 5.13. The fourth-order valence-electron chi connectivity index (χ4n) is 1.27. The van der Waals surface area contributed by atoms with Crippen LogP contribution in [0, 0.1) is 0 Å². The number of unbranched alkanes of at least 4 members (excludes halogenated alkanes) is 1. The number of hydrogen-bond donors (Lipinski definition) is 1. The van der Waals surface area contributed by atoms with Crippen LogP contribution in [0.1, 0.15) is 33.1 Å². The number of carbonyl (C=O) groups excluding carboxylic acids is 2. The lowest BCUT2D eigenvalue weighted by Crippen LogP contribution is -2.41. The molecule has 0 spiro atoms. The number of amides is 2. The molecule has 5 heteroatoms. The normalized spacial score (nSPS) is 10.1. The van der Waals surface area contributed by atoms with Crippen LogP contribution in [0.3, 0.4) is 0 Å². The van der Waals surface area contributed by atoms with Gasteiger partial charge >= 0.3 is 11.8 Å². The first-order valence-electron chi connectivity index (χ1n) is 6.24. The van der Waals surface area contributed by atoms with Gasteiger partial charge in [0.25, 0.3) is 0 Å². The summed E-state index contributed by atoms with van der Waals surface area (Å²) in [5.74, 6) is -0.991. The molecule has 0 saturated carbocycles. The zero-order chi connectivity index (χ0) is 13.1. The van der Waals surface area contributed by atoms with Crippen molar-refractivity contribution in [1.29, 1.82) is 0 Å². The lowest BCUT2D eigenvalue weighted by atomic mass is 10.3. The molecule has 0 bridgehead atoms. The fraction of sp³-hybridized carbons (Fsp3) is 0.833. The maximum absolute atomic E-state index is 11.6. The Kier molecular flexibility index (Phi) is 9.43. The minimum Gasteiger partial charge on any atom is -0.382 e. The predicted molar refractivity (Wildman–Crippen MR) is 66.7 cm³/mol. The van der Waals surface area contributed by atoms with Gasteiger partial charge in [-0.3, -0.25) is 9.59 Å². The van der Waals surface area contributed by atoms with E-state index in [0.717, 1.165) is 19.3 Å². The third kappa shape index (κ3) is 7.74. The maximum atomic E-state index is 11.6. The summed E-state index contributed by atoms with van der Waals surface area (Å²) in [6.07, 6.45) is 2.65. The summed E-state index contributed by atoms with van der Waals surface area (Å²) >= 11 is 0. The summed E-state index contributed by atoms with van der Waals surface area (Å²) in [4.78, 5) is 24.4. The molecule has 0 saturated heterocycles. The molecule has 0 aliphatic rings. The zero-order valence-electron chi connectivity index (χ0n) is 11.1. The van der Waals surface area contributed by atoms with E-state index in [9.17, 15) is 9.59 Å². The molecule has 0 aliphatic carbocycles. The number of likely N-dealkylation sites (N-methyl/N-ethyl adjacent to an activating group) is 1. The van der Waals surface area contributed by atoms with E-state index in [-0.39, 0.29) is 0 Å². The number of ether oxygens (including phenoxy) is 1. The minimum absolute atomic E-state index is 0.463. The van der Waals surface area contributed by atoms with E-state index in [2.05, 4.69) is 5.32 Å². The van der Waals surface area contributed by atoms with Crippen LogP contribution in [0.25, 0.3) is 0 Å². The van der Waals surface area contributed by atoms with Crippen molar-refractivity contribution in [1.82, 2.24) is 10.2 Å². The van der Waals surface area contributed by atoms with Gasteiger partial charge in [0.1, 0.15) is 0 Å². The highest BCUT2D eigenvalue weighted by molar-refractivity contribution is 6.34. The lowest BCUT2D eigenvalue weighted by Gasteiger charge is -2.15. The average Bonchev–Trinajstić information content (AvgIpc) is 2.34. The van der Waals surface area contributed by atoms with E-state index >= 15 is 0 Å². The van der Waals surface area contributed by atoms with Crippen molar-refractivity contribution in [2.45, 2.75) is 33.1 Å². The Morgan fingerprint density at radius 3 is 2.53 bits per heavy atom. The molecule has 5 nitrogen and oxygen atoms in total. The smallest absolute Gasteiger partial charge is 0.311 e. The third-order valence-corrected chi connectivity index (χ3v) is 2.34. The molecule has 0 rings (SSSR count). The molecule has 0 aromatic heterocycles. The molecule has 2 amide bonds. The van der Waals surface area contributed by atoms with E-state index in [0.29, 0.717) is 26.3 Å². The van der Waals surface area contributed by atoms with Gasteiger partial charge in [-0.15, -0.1) is 0 Å². The van der Waals surface area contributed by atoms with E-state index in [1.807, 2.05) is 13.8 Å². The second-order valence-electron chi connectivity index (χ2n) is 3.89. The van der Waals surface area contributed by atoms with Crippen molar-refractivity contribution in [3.63, 3.8) is 0 Å². The molecular weight excluding hydrogens is 220 g/mol. The largest absolute Gasteiger partial charge is 0.382 e. The Labute approximate surface area is 103 Å². The average molecular weight is 244 g/mol. The molecule has 0 heterocycles. The number of hydrogen-bond acceptors (Lipinski definition) is 3. The van der Waals surface area contributed by atoms with E-state index in [1.165, 1.54) is 4.90 Å². The predicted octanol–water partition coefficient (Wildman–Crippen LogP) is 0.788. The summed E-state index contributed by atoms with van der Waals surface area (Å²) in [5.41, 5.74) is 0. The van der Waals surface area contributed by atoms with Gasteiger partial charge in [-0.1, -0.05) is 13.3 Å². The van der Waals surface area contributed by atoms with Gasteiger partial charge in [0.15, 0.2) is 0 Å². The summed E-state index contributed by atoms with van der Waals surface area (Å²) in [6, 6.07) is 0. The highest BCUT2D eigenvalue weighted by Gasteiger charge is 2.16. The van der Waals surface area contributed by atoms with E-state index < -0.39 is 11.8 Å². The van der Waals surface area contributed by atoms with Gasteiger partial charge in [0, 0.05) is 33.4 Å². The van der Waals surface area contributed by atoms with Gasteiger partial charge < -0.3 is 15.0 Å². The van der Waals surface area contributed by atoms with Gasteiger partial charge in [-0.2, -0.15) is 0 Å². The fourth-order valence-corrected chi connectivity index (χ4v) is 1.27. The topological polar surface area (TPSA) is 58.6 Å². The van der Waals surface area contributed by atoms with Gasteiger partial charge in [0.05, 0.1) is 0 Å². The molecule has 0 aromatic carbocycles. The Hall–Kier alpha value is -1.10. The van der Waals surface area contributed by atoms with Crippen LogP contribution < -0.4 is 5.32 Å². The van der Waals surface area contributed by atoms with Crippen molar-refractivity contribution in [2.24, 2.45) is 0 Å². The number of rotatable bonds is 8. The first-order chi connectivity index (χ1) is 8.13. The molecule has 1 N–H and O–H groups in total. The molecule has 0 aliphatic heterocycles. The van der Waals surface area contributed by atoms with Crippen molar-refractivity contribution < 1.29 is 14.3 Å². The molecule has 0 unspecified atom stereocenters.